The maximum Gasteiger partial charge on any atom is 0.292 e. The van der Waals surface area contributed by atoms with E-state index < -0.39 is 17.0 Å². The molecule has 0 bridgehead atoms. The summed E-state index contributed by atoms with van der Waals surface area (Å²) in [5.74, 6) is -0.865. The third-order valence-electron chi connectivity index (χ3n) is 4.94. The number of benzene rings is 1. The zero-order chi connectivity index (χ0) is 23.0. The molecule has 1 aromatic carbocycles. The Morgan fingerprint density at radius 3 is 2.44 bits per heavy atom. The fraction of sp³-hybridized carbons (Fsp3) is 0.318. The number of hydrogen-bond donors (Lipinski definition) is 2. The number of pyridine rings is 1. The van der Waals surface area contributed by atoms with E-state index in [9.17, 15) is 14.3 Å². The minimum Gasteiger partial charge on any atom is -0.435 e. The topological polar surface area (TPSA) is 102 Å². The summed E-state index contributed by atoms with van der Waals surface area (Å²) in [7, 11) is 0. The number of carbonyl (C=O) groups is 1. The van der Waals surface area contributed by atoms with E-state index in [1.165, 1.54) is 18.4 Å². The second kappa shape index (κ2) is 9.85. The molecule has 2 aromatic heterocycles. The SMILES string of the molecule is CC(C)(N)c1cc(-c2ccc(F)c(Cl)c2)nc(C(C)(O)CCC(=O)c2coc(Cl)n2)c1.Cl. The van der Waals surface area contributed by atoms with Crippen molar-refractivity contribution in [1.29, 1.82) is 0 Å². The highest BCUT2D eigenvalue weighted by molar-refractivity contribution is 6.31. The number of ketones is 1. The van der Waals surface area contributed by atoms with Gasteiger partial charge in [-0.1, -0.05) is 11.6 Å². The summed E-state index contributed by atoms with van der Waals surface area (Å²) in [5.41, 5.74) is 6.27. The minimum atomic E-state index is -1.46. The predicted molar refractivity (Wildman–Crippen MR) is 124 cm³/mol. The maximum absolute atomic E-state index is 13.6. The fourth-order valence-electron chi connectivity index (χ4n) is 2.97. The molecule has 3 N–H and O–H groups in total. The van der Waals surface area contributed by atoms with Crippen LogP contribution < -0.4 is 5.73 Å². The Kier molecular flexibility index (Phi) is 8.07. The number of aromatic nitrogens is 2. The summed E-state index contributed by atoms with van der Waals surface area (Å²) in [6.45, 7) is 5.20. The number of nitrogens with zero attached hydrogens (tertiary/aromatic N) is 2. The maximum atomic E-state index is 13.6. The number of hydrogen-bond acceptors (Lipinski definition) is 6. The molecule has 3 aromatic rings. The van der Waals surface area contributed by atoms with Gasteiger partial charge in [0.05, 0.1) is 16.4 Å². The fourth-order valence-corrected chi connectivity index (χ4v) is 3.29. The first kappa shape index (κ1) is 26.2. The van der Waals surface area contributed by atoms with Gasteiger partial charge in [0.1, 0.15) is 23.4 Å². The van der Waals surface area contributed by atoms with Gasteiger partial charge in [0.15, 0.2) is 5.78 Å². The van der Waals surface area contributed by atoms with Crippen molar-refractivity contribution in [1.82, 2.24) is 9.97 Å². The Bertz CT molecular complexity index is 1130. The van der Waals surface area contributed by atoms with E-state index in [1.807, 2.05) is 13.8 Å². The molecule has 1 unspecified atom stereocenters. The molecule has 1 atom stereocenters. The van der Waals surface area contributed by atoms with Gasteiger partial charge in [0.25, 0.3) is 5.35 Å². The van der Waals surface area contributed by atoms with Crippen molar-refractivity contribution in [3.05, 3.63) is 69.7 Å². The molecule has 172 valence electrons. The van der Waals surface area contributed by atoms with Crippen LogP contribution in [-0.2, 0) is 11.1 Å². The predicted octanol–water partition coefficient (Wildman–Crippen LogP) is 5.67. The van der Waals surface area contributed by atoms with Crippen LogP contribution in [0.5, 0.6) is 0 Å². The summed E-state index contributed by atoms with van der Waals surface area (Å²) >= 11 is 11.5. The first-order valence-electron chi connectivity index (χ1n) is 9.51. The quantitative estimate of drug-likeness (QED) is 0.404. The normalized spacial score (nSPS) is 13.4. The molecule has 10 heteroatoms. The Balaban J connectivity index is 0.00000363. The molecule has 2 heterocycles. The van der Waals surface area contributed by atoms with E-state index in [-0.39, 0.29) is 47.1 Å². The third kappa shape index (κ3) is 6.05. The molecular formula is C22H23Cl3FN3O3. The Morgan fingerprint density at radius 2 is 1.88 bits per heavy atom. The van der Waals surface area contributed by atoms with Gasteiger partial charge in [-0.15, -0.1) is 12.4 Å². The summed E-state index contributed by atoms with van der Waals surface area (Å²) in [6, 6.07) is 7.73. The average Bonchev–Trinajstić information content (AvgIpc) is 3.13. The van der Waals surface area contributed by atoms with Gasteiger partial charge < -0.3 is 15.3 Å². The summed E-state index contributed by atoms with van der Waals surface area (Å²) in [4.78, 5) is 20.7. The summed E-state index contributed by atoms with van der Waals surface area (Å²) in [6.07, 6.45) is 1.23. The number of nitrogens with two attached hydrogens (primary N) is 1. The minimum absolute atomic E-state index is 0. The van der Waals surface area contributed by atoms with Crippen LogP contribution in [-0.4, -0.2) is 20.9 Å². The van der Waals surface area contributed by atoms with Crippen LogP contribution in [0.25, 0.3) is 11.3 Å². The molecule has 0 fully saturated rings. The molecule has 6 nitrogen and oxygen atoms in total. The first-order chi connectivity index (χ1) is 14.4. The molecule has 3 rings (SSSR count). The van der Waals surface area contributed by atoms with Crippen LogP contribution in [0.1, 0.15) is 55.4 Å². The zero-order valence-corrected chi connectivity index (χ0v) is 20.0. The van der Waals surface area contributed by atoms with Crippen LogP contribution in [0.2, 0.25) is 10.4 Å². The van der Waals surface area contributed by atoms with Crippen LogP contribution in [0.4, 0.5) is 4.39 Å². The second-order valence-corrected chi connectivity index (χ2v) is 8.89. The number of rotatable bonds is 7. The van der Waals surface area contributed by atoms with Crippen LogP contribution in [0.15, 0.2) is 41.0 Å². The van der Waals surface area contributed by atoms with Gasteiger partial charge in [0, 0.05) is 17.5 Å². The van der Waals surface area contributed by atoms with E-state index in [0.29, 0.717) is 22.5 Å². The molecule has 0 aliphatic carbocycles. The Hall–Kier alpha value is -2.03. The highest BCUT2D eigenvalue weighted by Crippen LogP contribution is 2.32. The molecule has 0 saturated heterocycles. The monoisotopic (exact) mass is 501 g/mol. The van der Waals surface area contributed by atoms with Gasteiger partial charge in [-0.3, -0.25) is 4.79 Å². The molecule has 32 heavy (non-hydrogen) atoms. The van der Waals surface area contributed by atoms with Crippen molar-refractivity contribution < 1.29 is 18.7 Å². The number of Topliss-reactive ketones (excluding diaryl/α,β-unsaturated/α-hetero) is 1. The van der Waals surface area contributed by atoms with Crippen LogP contribution in [0, 0.1) is 5.82 Å². The molecule has 0 amide bonds. The number of halogens is 4. The smallest absolute Gasteiger partial charge is 0.292 e. The second-order valence-electron chi connectivity index (χ2n) is 8.16. The largest absolute Gasteiger partial charge is 0.435 e. The third-order valence-corrected chi connectivity index (χ3v) is 5.40. The molecule has 0 aliphatic rings. The molecular weight excluding hydrogens is 480 g/mol. The summed E-state index contributed by atoms with van der Waals surface area (Å²) < 4.78 is 18.5. The standard InChI is InChI=1S/C22H22Cl2FN3O3.ClH/c1-21(2,26)13-9-16(12-4-5-15(25)14(23)8-12)27-19(10-13)22(3,30)7-6-18(29)17-11-31-20(24)28-17;/h4-5,8-11,30H,6-7,26H2,1-3H3;1H. The number of carbonyl (C=O) groups excluding carboxylic acids is 1. The average molecular weight is 503 g/mol. The van der Waals surface area contributed by atoms with Gasteiger partial charge in [0.2, 0.25) is 0 Å². The van der Waals surface area contributed by atoms with E-state index in [1.54, 1.807) is 25.1 Å². The lowest BCUT2D eigenvalue weighted by atomic mass is 9.88. The lowest BCUT2D eigenvalue weighted by molar-refractivity contribution is 0.0395. The molecule has 0 spiro atoms. The van der Waals surface area contributed by atoms with E-state index >= 15 is 0 Å². The van der Waals surface area contributed by atoms with Crippen molar-refractivity contribution in [2.45, 2.75) is 44.8 Å². The van der Waals surface area contributed by atoms with Crippen molar-refractivity contribution in [2.75, 3.05) is 0 Å². The van der Waals surface area contributed by atoms with Crippen molar-refractivity contribution in [2.24, 2.45) is 5.73 Å². The lowest BCUT2D eigenvalue weighted by Crippen LogP contribution is -2.31. The van der Waals surface area contributed by atoms with Crippen molar-refractivity contribution in [3.63, 3.8) is 0 Å². The van der Waals surface area contributed by atoms with Gasteiger partial charge in [-0.25, -0.2) is 9.37 Å². The van der Waals surface area contributed by atoms with Crippen molar-refractivity contribution >= 4 is 41.4 Å². The lowest BCUT2D eigenvalue weighted by Gasteiger charge is -2.27. The number of oxazole rings is 1. The summed E-state index contributed by atoms with van der Waals surface area (Å²) in [5, 5.41) is 11.0. The molecule has 0 radical (unpaired) electrons. The van der Waals surface area contributed by atoms with Crippen LogP contribution >= 0.6 is 35.6 Å². The van der Waals surface area contributed by atoms with E-state index in [4.69, 9.17) is 33.4 Å². The van der Waals surface area contributed by atoms with Crippen molar-refractivity contribution in [3.8, 4) is 11.3 Å². The first-order valence-corrected chi connectivity index (χ1v) is 10.3. The highest BCUT2D eigenvalue weighted by atomic mass is 35.5. The molecule has 0 saturated carbocycles. The van der Waals surface area contributed by atoms with Gasteiger partial charge >= 0.3 is 0 Å². The van der Waals surface area contributed by atoms with E-state index in [2.05, 4.69) is 9.97 Å². The van der Waals surface area contributed by atoms with Gasteiger partial charge in [-0.2, -0.15) is 4.98 Å². The van der Waals surface area contributed by atoms with E-state index in [0.717, 1.165) is 0 Å². The molecule has 0 aliphatic heterocycles. The van der Waals surface area contributed by atoms with Gasteiger partial charge in [-0.05, 0) is 74.7 Å². The Labute approximate surface area is 201 Å². The highest BCUT2D eigenvalue weighted by Gasteiger charge is 2.29. The zero-order valence-electron chi connectivity index (χ0n) is 17.7. The van der Waals surface area contributed by atoms with Crippen LogP contribution in [0.3, 0.4) is 0 Å². The Morgan fingerprint density at radius 1 is 1.19 bits per heavy atom. The number of aliphatic hydroxyl groups is 1.